The molecule has 0 radical (unpaired) electrons. The molecule has 0 bridgehead atoms. The fourth-order valence-corrected chi connectivity index (χ4v) is 4.77. The summed E-state index contributed by atoms with van der Waals surface area (Å²) in [5.74, 6) is -0.142. The van der Waals surface area contributed by atoms with E-state index in [9.17, 15) is 4.79 Å². The van der Waals surface area contributed by atoms with Crippen molar-refractivity contribution in [3.8, 4) is 0 Å². The molecule has 3 aromatic carbocycles. The van der Waals surface area contributed by atoms with E-state index in [-0.39, 0.29) is 12.1 Å². The Kier molecular flexibility index (Phi) is 6.10. The molecular formula is C27H31N3O2. The van der Waals surface area contributed by atoms with Gasteiger partial charge in [0.2, 0.25) is 0 Å². The van der Waals surface area contributed by atoms with Gasteiger partial charge in [-0.25, -0.2) is 0 Å². The van der Waals surface area contributed by atoms with Gasteiger partial charge in [0.05, 0.1) is 6.42 Å². The predicted molar refractivity (Wildman–Crippen MR) is 129 cm³/mol. The molecule has 32 heavy (non-hydrogen) atoms. The molecule has 5 heteroatoms. The van der Waals surface area contributed by atoms with E-state index in [1.807, 2.05) is 0 Å². The van der Waals surface area contributed by atoms with Crippen molar-refractivity contribution in [1.29, 1.82) is 0 Å². The lowest BCUT2D eigenvalue weighted by atomic mass is 9.99. The van der Waals surface area contributed by atoms with Gasteiger partial charge in [0, 0.05) is 44.0 Å². The maximum atomic E-state index is 12.0. The normalized spacial score (nSPS) is 19.7. The van der Waals surface area contributed by atoms with Crippen molar-refractivity contribution in [2.75, 3.05) is 31.1 Å². The first-order valence-corrected chi connectivity index (χ1v) is 11.6. The van der Waals surface area contributed by atoms with Crippen molar-refractivity contribution in [1.82, 2.24) is 10.6 Å². The third kappa shape index (κ3) is 4.64. The fourth-order valence-electron chi connectivity index (χ4n) is 4.77. The van der Waals surface area contributed by atoms with Crippen LogP contribution < -0.4 is 15.5 Å². The van der Waals surface area contributed by atoms with Gasteiger partial charge in [-0.05, 0) is 47.4 Å². The Morgan fingerprint density at radius 2 is 1.88 bits per heavy atom. The third-order valence-electron chi connectivity index (χ3n) is 6.66. The third-order valence-corrected chi connectivity index (χ3v) is 6.66. The van der Waals surface area contributed by atoms with Crippen LogP contribution >= 0.6 is 0 Å². The Balaban J connectivity index is 1.17. The van der Waals surface area contributed by atoms with E-state index in [2.05, 4.69) is 89.2 Å². The molecule has 3 aromatic rings. The Hall–Kier alpha value is -2.89. The van der Waals surface area contributed by atoms with Crippen LogP contribution in [-0.2, 0) is 16.0 Å². The molecule has 2 heterocycles. The topological polar surface area (TPSA) is 53.6 Å². The number of benzene rings is 3. The largest absolute Gasteiger partial charge is 0.459 e. The standard InChI is InChI=1S/C27H31N3O2/c1-19(25-8-4-6-21-5-2-3-7-26(21)25)29-22-13-14-30(18-22)23-11-9-20(10-12-23)15-27(31)32-24-16-28-17-24/h2-12,19,22,24,28-29H,13-18H2,1H3/t19-,22+/m1/s1. The van der Waals surface area contributed by atoms with Crippen LogP contribution in [0.3, 0.4) is 0 Å². The molecule has 2 saturated heterocycles. The zero-order valence-corrected chi connectivity index (χ0v) is 18.6. The van der Waals surface area contributed by atoms with Gasteiger partial charge >= 0.3 is 5.97 Å². The van der Waals surface area contributed by atoms with Crippen molar-refractivity contribution in [2.24, 2.45) is 0 Å². The van der Waals surface area contributed by atoms with Gasteiger partial charge in [-0.15, -0.1) is 0 Å². The van der Waals surface area contributed by atoms with E-state index >= 15 is 0 Å². The maximum absolute atomic E-state index is 12.0. The van der Waals surface area contributed by atoms with Crippen LogP contribution in [0.1, 0.15) is 30.5 Å². The van der Waals surface area contributed by atoms with Gasteiger partial charge in [-0.2, -0.15) is 0 Å². The molecule has 0 spiro atoms. The van der Waals surface area contributed by atoms with Crippen molar-refractivity contribution < 1.29 is 9.53 Å². The Morgan fingerprint density at radius 1 is 1.09 bits per heavy atom. The first kappa shape index (κ1) is 21.0. The van der Waals surface area contributed by atoms with Crippen molar-refractivity contribution in [2.45, 2.75) is 38.0 Å². The number of ether oxygens (including phenoxy) is 1. The van der Waals surface area contributed by atoms with Crippen LogP contribution in [-0.4, -0.2) is 44.3 Å². The Morgan fingerprint density at radius 3 is 2.66 bits per heavy atom. The number of nitrogens with zero attached hydrogens (tertiary/aromatic N) is 1. The molecule has 0 amide bonds. The zero-order valence-electron chi connectivity index (χ0n) is 18.6. The highest BCUT2D eigenvalue weighted by Crippen LogP contribution is 2.27. The zero-order chi connectivity index (χ0) is 21.9. The van der Waals surface area contributed by atoms with E-state index in [0.717, 1.165) is 38.2 Å². The summed E-state index contributed by atoms with van der Waals surface area (Å²) in [7, 11) is 0. The van der Waals surface area contributed by atoms with Crippen LogP contribution in [0.15, 0.2) is 66.7 Å². The van der Waals surface area contributed by atoms with Gasteiger partial charge in [0.15, 0.2) is 0 Å². The predicted octanol–water partition coefficient (Wildman–Crippen LogP) is 3.83. The number of carbonyl (C=O) groups is 1. The molecule has 5 rings (SSSR count). The summed E-state index contributed by atoms with van der Waals surface area (Å²) in [6.45, 7) is 5.83. The summed E-state index contributed by atoms with van der Waals surface area (Å²) in [6, 6.07) is 24.3. The number of fused-ring (bicyclic) bond motifs is 1. The molecule has 0 saturated carbocycles. The maximum Gasteiger partial charge on any atom is 0.310 e. The van der Waals surface area contributed by atoms with Crippen molar-refractivity contribution in [3.63, 3.8) is 0 Å². The van der Waals surface area contributed by atoms with Gasteiger partial charge in [-0.1, -0.05) is 54.6 Å². The van der Waals surface area contributed by atoms with E-state index < -0.39 is 0 Å². The van der Waals surface area contributed by atoms with Crippen molar-refractivity contribution >= 4 is 22.4 Å². The van der Waals surface area contributed by atoms with Gasteiger partial charge in [0.25, 0.3) is 0 Å². The molecule has 2 aliphatic rings. The second kappa shape index (κ2) is 9.31. The summed E-state index contributed by atoms with van der Waals surface area (Å²) < 4.78 is 5.41. The second-order valence-electron chi connectivity index (χ2n) is 9.00. The molecule has 2 aliphatic heterocycles. The van der Waals surface area contributed by atoms with Crippen LogP contribution in [0.25, 0.3) is 10.8 Å². The Labute approximate surface area is 189 Å². The molecule has 0 aliphatic carbocycles. The summed E-state index contributed by atoms with van der Waals surface area (Å²) >= 11 is 0. The highest BCUT2D eigenvalue weighted by atomic mass is 16.5. The number of nitrogens with one attached hydrogen (secondary N) is 2. The van der Waals surface area contributed by atoms with Gasteiger partial charge < -0.3 is 20.3 Å². The average molecular weight is 430 g/mol. The molecule has 5 nitrogen and oxygen atoms in total. The quantitative estimate of drug-likeness (QED) is 0.559. The van der Waals surface area contributed by atoms with Crippen LogP contribution in [0.5, 0.6) is 0 Å². The van der Waals surface area contributed by atoms with E-state index in [1.165, 1.54) is 22.0 Å². The number of rotatable bonds is 7. The number of esters is 1. The number of hydrogen-bond acceptors (Lipinski definition) is 5. The van der Waals surface area contributed by atoms with Gasteiger partial charge in [-0.3, -0.25) is 4.79 Å². The SMILES string of the molecule is C[C@@H](N[C@H]1CCN(c2ccc(CC(=O)OC3CNC3)cc2)C1)c1cccc2ccccc12. The fraction of sp³-hybridized carbons (Fsp3) is 0.370. The van der Waals surface area contributed by atoms with E-state index in [0.29, 0.717) is 18.5 Å². The second-order valence-corrected chi connectivity index (χ2v) is 9.00. The monoisotopic (exact) mass is 429 g/mol. The number of carbonyl (C=O) groups excluding carboxylic acids is 1. The number of anilines is 1. The summed E-state index contributed by atoms with van der Waals surface area (Å²) in [5, 5.41) is 9.58. The van der Waals surface area contributed by atoms with Crippen LogP contribution in [0, 0.1) is 0 Å². The number of hydrogen-bond donors (Lipinski definition) is 2. The highest BCUT2D eigenvalue weighted by molar-refractivity contribution is 5.86. The lowest BCUT2D eigenvalue weighted by Crippen LogP contribution is -2.49. The molecular weight excluding hydrogens is 398 g/mol. The van der Waals surface area contributed by atoms with Gasteiger partial charge in [0.1, 0.15) is 6.10 Å². The van der Waals surface area contributed by atoms with Crippen LogP contribution in [0.2, 0.25) is 0 Å². The summed E-state index contributed by atoms with van der Waals surface area (Å²) in [4.78, 5) is 14.5. The lowest BCUT2D eigenvalue weighted by Gasteiger charge is -2.26. The molecule has 2 N–H and O–H groups in total. The minimum absolute atomic E-state index is 0.0482. The van der Waals surface area contributed by atoms with Crippen molar-refractivity contribution in [3.05, 3.63) is 77.9 Å². The van der Waals surface area contributed by atoms with E-state index in [4.69, 9.17) is 4.74 Å². The lowest BCUT2D eigenvalue weighted by molar-refractivity contribution is -0.150. The first-order chi connectivity index (χ1) is 15.7. The van der Waals surface area contributed by atoms with E-state index in [1.54, 1.807) is 0 Å². The molecule has 166 valence electrons. The summed E-state index contributed by atoms with van der Waals surface area (Å²) in [6.07, 6.45) is 1.51. The minimum atomic E-state index is -0.142. The molecule has 0 unspecified atom stereocenters. The summed E-state index contributed by atoms with van der Waals surface area (Å²) in [5.41, 5.74) is 3.58. The molecule has 2 atom stereocenters. The highest BCUT2D eigenvalue weighted by Gasteiger charge is 2.25. The minimum Gasteiger partial charge on any atom is -0.459 e. The average Bonchev–Trinajstić information content (AvgIpc) is 3.25. The molecule has 2 fully saturated rings. The molecule has 0 aromatic heterocycles. The first-order valence-electron chi connectivity index (χ1n) is 11.6. The Bertz CT molecular complexity index is 1070. The smallest absolute Gasteiger partial charge is 0.310 e. The van der Waals surface area contributed by atoms with Crippen LogP contribution in [0.4, 0.5) is 5.69 Å².